The van der Waals surface area contributed by atoms with Gasteiger partial charge in [-0.15, -0.1) is 5.10 Å². The molecule has 9 heteroatoms. The van der Waals surface area contributed by atoms with E-state index in [1.54, 1.807) is 6.07 Å². The van der Waals surface area contributed by atoms with Crippen LogP contribution in [0.1, 0.15) is 16.1 Å². The number of nitrogen functional groups attached to an aromatic ring is 1. The summed E-state index contributed by atoms with van der Waals surface area (Å²) in [4.78, 5) is 11.2. The third-order valence-corrected chi connectivity index (χ3v) is 3.40. The molecule has 1 amide bonds. The maximum Gasteiger partial charge on any atom is 0.287 e. The number of hydrogen-bond acceptors (Lipinski definition) is 5. The second kappa shape index (κ2) is 6.88. The summed E-state index contributed by atoms with van der Waals surface area (Å²) in [7, 11) is 0. The van der Waals surface area contributed by atoms with Crippen molar-refractivity contribution in [2.75, 3.05) is 6.61 Å². The lowest BCUT2D eigenvalue weighted by molar-refractivity contribution is 0.0948. The van der Waals surface area contributed by atoms with Crippen LogP contribution < -0.4 is 16.0 Å². The first-order valence-corrected chi connectivity index (χ1v) is 7.18. The topological polar surface area (TPSA) is 95.1 Å². The monoisotopic (exact) mass is 373 g/mol. The maximum atomic E-state index is 11.2. The number of benzene rings is 1. The van der Waals surface area contributed by atoms with Crippen LogP contribution in [0.4, 0.5) is 0 Å². The van der Waals surface area contributed by atoms with Crippen LogP contribution in [-0.2, 0) is 6.54 Å². The van der Waals surface area contributed by atoms with E-state index in [-0.39, 0.29) is 5.69 Å². The minimum absolute atomic E-state index is 0.148. The highest BCUT2D eigenvalue weighted by Crippen LogP contribution is 2.31. The van der Waals surface area contributed by atoms with Gasteiger partial charge in [-0.25, -0.2) is 10.5 Å². The molecule has 0 saturated heterocycles. The standard InChI is InChI=1S/C12H13BrClN5O2/c1-7-4-8(13)5-9(14)11(7)21-3-2-19-6-10(17-18-19)12(20)16-15/h4-6H,2-3,15H2,1H3,(H,16,20). The minimum Gasteiger partial charge on any atom is -0.490 e. The molecule has 2 rings (SSSR count). The van der Waals surface area contributed by atoms with Gasteiger partial charge in [0, 0.05) is 4.47 Å². The molecule has 1 heterocycles. The molecule has 0 aliphatic rings. The van der Waals surface area contributed by atoms with E-state index in [1.807, 2.05) is 18.4 Å². The van der Waals surface area contributed by atoms with Crippen LogP contribution in [0.3, 0.4) is 0 Å². The molecule has 0 radical (unpaired) electrons. The summed E-state index contributed by atoms with van der Waals surface area (Å²) in [6.07, 6.45) is 1.49. The number of nitrogens with zero attached hydrogens (tertiary/aromatic N) is 3. The van der Waals surface area contributed by atoms with Gasteiger partial charge in [0.05, 0.1) is 17.8 Å². The van der Waals surface area contributed by atoms with Crippen molar-refractivity contribution in [2.45, 2.75) is 13.5 Å². The number of hydrogen-bond donors (Lipinski definition) is 2. The Labute approximate surface area is 134 Å². The Morgan fingerprint density at radius 2 is 2.33 bits per heavy atom. The van der Waals surface area contributed by atoms with E-state index in [0.29, 0.717) is 23.9 Å². The normalized spacial score (nSPS) is 10.5. The van der Waals surface area contributed by atoms with Gasteiger partial charge in [-0.1, -0.05) is 32.7 Å². The van der Waals surface area contributed by atoms with E-state index >= 15 is 0 Å². The second-order valence-electron chi connectivity index (χ2n) is 4.22. The number of rotatable bonds is 5. The molecule has 0 fully saturated rings. The van der Waals surface area contributed by atoms with Gasteiger partial charge in [-0.3, -0.25) is 10.2 Å². The third-order valence-electron chi connectivity index (χ3n) is 2.66. The van der Waals surface area contributed by atoms with Gasteiger partial charge >= 0.3 is 0 Å². The van der Waals surface area contributed by atoms with Crippen LogP contribution in [0.5, 0.6) is 5.75 Å². The number of carbonyl (C=O) groups is 1. The average molecular weight is 375 g/mol. The molecule has 1 aromatic heterocycles. The fourth-order valence-corrected chi connectivity index (χ4v) is 2.72. The molecule has 21 heavy (non-hydrogen) atoms. The molecule has 7 nitrogen and oxygen atoms in total. The maximum absolute atomic E-state index is 11.2. The van der Waals surface area contributed by atoms with E-state index < -0.39 is 5.91 Å². The highest BCUT2D eigenvalue weighted by Gasteiger charge is 2.10. The number of nitrogens with two attached hydrogens (primary N) is 1. The van der Waals surface area contributed by atoms with Gasteiger partial charge in [0.15, 0.2) is 5.69 Å². The summed E-state index contributed by atoms with van der Waals surface area (Å²) in [5.74, 6) is 5.15. The Hall–Kier alpha value is -1.64. The first-order chi connectivity index (χ1) is 10.0. The SMILES string of the molecule is Cc1cc(Br)cc(Cl)c1OCCn1cc(C(=O)NN)nn1. The van der Waals surface area contributed by atoms with Crippen molar-refractivity contribution in [3.8, 4) is 5.75 Å². The largest absolute Gasteiger partial charge is 0.490 e. The van der Waals surface area contributed by atoms with Crippen molar-refractivity contribution in [3.05, 3.63) is 39.1 Å². The fourth-order valence-electron chi connectivity index (χ4n) is 1.70. The van der Waals surface area contributed by atoms with E-state index in [9.17, 15) is 4.79 Å². The van der Waals surface area contributed by atoms with Crippen molar-refractivity contribution >= 4 is 33.4 Å². The summed E-state index contributed by atoms with van der Waals surface area (Å²) in [6, 6.07) is 3.68. The van der Waals surface area contributed by atoms with Crippen molar-refractivity contribution < 1.29 is 9.53 Å². The first-order valence-electron chi connectivity index (χ1n) is 6.00. The number of aromatic nitrogens is 3. The van der Waals surface area contributed by atoms with E-state index in [0.717, 1.165) is 10.0 Å². The lowest BCUT2D eigenvalue weighted by atomic mass is 10.2. The summed E-state index contributed by atoms with van der Waals surface area (Å²) < 4.78 is 8.04. The van der Waals surface area contributed by atoms with Crippen LogP contribution in [-0.4, -0.2) is 27.5 Å². The van der Waals surface area contributed by atoms with Crippen LogP contribution >= 0.6 is 27.5 Å². The molecule has 112 valence electrons. The number of ether oxygens (including phenoxy) is 1. The first kappa shape index (κ1) is 15.7. The molecule has 0 saturated carbocycles. The molecule has 3 N–H and O–H groups in total. The van der Waals surface area contributed by atoms with Gasteiger partial charge in [-0.05, 0) is 24.6 Å². The van der Waals surface area contributed by atoms with E-state index in [2.05, 4.69) is 26.2 Å². The van der Waals surface area contributed by atoms with Crippen molar-refractivity contribution in [1.82, 2.24) is 20.4 Å². The summed E-state index contributed by atoms with van der Waals surface area (Å²) in [5.41, 5.74) is 3.06. The molecule has 0 atom stereocenters. The lowest BCUT2D eigenvalue weighted by Gasteiger charge is -2.11. The van der Waals surface area contributed by atoms with Crippen molar-refractivity contribution in [1.29, 1.82) is 0 Å². The Balaban J connectivity index is 1.96. The predicted octanol–water partition coefficient (Wildman–Crippen LogP) is 1.68. The molecule has 0 aliphatic heterocycles. The van der Waals surface area contributed by atoms with Gasteiger partial charge < -0.3 is 4.74 Å². The smallest absolute Gasteiger partial charge is 0.287 e. The summed E-state index contributed by atoms with van der Waals surface area (Å²) in [5, 5.41) is 8.03. The minimum atomic E-state index is -0.492. The molecule has 0 aliphatic carbocycles. The average Bonchev–Trinajstić information content (AvgIpc) is 2.89. The van der Waals surface area contributed by atoms with E-state index in [1.165, 1.54) is 10.9 Å². The number of amides is 1. The zero-order valence-electron chi connectivity index (χ0n) is 11.1. The van der Waals surface area contributed by atoms with Crippen LogP contribution in [0.25, 0.3) is 0 Å². The molecule has 0 unspecified atom stereocenters. The Kier molecular flexibility index (Phi) is 5.16. The fraction of sp³-hybridized carbons (Fsp3) is 0.250. The zero-order chi connectivity index (χ0) is 15.4. The quantitative estimate of drug-likeness (QED) is 0.472. The van der Waals surface area contributed by atoms with Crippen LogP contribution in [0.15, 0.2) is 22.8 Å². The highest BCUT2D eigenvalue weighted by molar-refractivity contribution is 9.10. The number of hydrazine groups is 1. The summed E-state index contributed by atoms with van der Waals surface area (Å²) in [6.45, 7) is 2.68. The van der Waals surface area contributed by atoms with E-state index in [4.69, 9.17) is 22.2 Å². The van der Waals surface area contributed by atoms with Gasteiger partial charge in [0.25, 0.3) is 5.91 Å². The number of carbonyl (C=O) groups excluding carboxylic acids is 1. The molecular formula is C12H13BrClN5O2. The number of halogens is 2. The van der Waals surface area contributed by atoms with Gasteiger partial charge in [0.2, 0.25) is 0 Å². The Bertz CT molecular complexity index is 638. The Morgan fingerprint density at radius 1 is 1.57 bits per heavy atom. The second-order valence-corrected chi connectivity index (χ2v) is 5.55. The van der Waals surface area contributed by atoms with Gasteiger partial charge in [0.1, 0.15) is 12.4 Å². The molecule has 0 spiro atoms. The number of nitrogens with one attached hydrogen (secondary N) is 1. The zero-order valence-corrected chi connectivity index (χ0v) is 13.5. The highest BCUT2D eigenvalue weighted by atomic mass is 79.9. The molecule has 1 aromatic carbocycles. The van der Waals surface area contributed by atoms with Crippen molar-refractivity contribution in [3.63, 3.8) is 0 Å². The molecule has 0 bridgehead atoms. The third kappa shape index (κ3) is 3.93. The van der Waals surface area contributed by atoms with Crippen molar-refractivity contribution in [2.24, 2.45) is 5.84 Å². The van der Waals surface area contributed by atoms with Gasteiger partial charge in [-0.2, -0.15) is 0 Å². The lowest BCUT2D eigenvalue weighted by Crippen LogP contribution is -2.30. The number of aryl methyl sites for hydroxylation is 1. The summed E-state index contributed by atoms with van der Waals surface area (Å²) >= 11 is 9.49. The Morgan fingerprint density at radius 3 is 3.00 bits per heavy atom. The predicted molar refractivity (Wildman–Crippen MR) is 81.1 cm³/mol. The van der Waals surface area contributed by atoms with Crippen LogP contribution in [0.2, 0.25) is 5.02 Å². The molecular weight excluding hydrogens is 362 g/mol. The van der Waals surface area contributed by atoms with Crippen LogP contribution in [0, 0.1) is 6.92 Å². The molecule has 2 aromatic rings.